The first-order valence-corrected chi connectivity index (χ1v) is 8.63. The van der Waals surface area contributed by atoms with Gasteiger partial charge in [-0.2, -0.15) is 5.10 Å². The van der Waals surface area contributed by atoms with Crippen LogP contribution in [-0.4, -0.2) is 46.0 Å². The summed E-state index contributed by atoms with van der Waals surface area (Å²) >= 11 is 0. The Morgan fingerprint density at radius 1 is 0.840 bits per heavy atom. The summed E-state index contributed by atoms with van der Waals surface area (Å²) in [4.78, 5) is 4.83. The van der Waals surface area contributed by atoms with E-state index >= 15 is 0 Å². The minimum absolute atomic E-state index is 0.317. The van der Waals surface area contributed by atoms with Crippen molar-refractivity contribution in [2.24, 2.45) is 0 Å². The maximum atomic E-state index is 9.41. The number of aromatic nitrogens is 2. The molecule has 5 nitrogen and oxygen atoms in total. The maximum Gasteiger partial charge on any atom is 0.115 e. The van der Waals surface area contributed by atoms with E-state index in [4.69, 9.17) is 0 Å². The number of hydrogen-bond acceptors (Lipinski definition) is 4. The zero-order chi connectivity index (χ0) is 17.1. The molecule has 1 N–H and O–H groups in total. The fourth-order valence-electron chi connectivity index (χ4n) is 3.25. The van der Waals surface area contributed by atoms with Crippen molar-refractivity contribution in [3.05, 3.63) is 72.6 Å². The first-order chi connectivity index (χ1) is 12.3. The van der Waals surface area contributed by atoms with Crippen molar-refractivity contribution in [2.75, 3.05) is 31.1 Å². The number of rotatable bonds is 4. The van der Waals surface area contributed by atoms with Crippen LogP contribution in [0.3, 0.4) is 0 Å². The third-order valence-electron chi connectivity index (χ3n) is 4.65. The number of piperazine rings is 1. The van der Waals surface area contributed by atoms with E-state index in [-0.39, 0.29) is 0 Å². The Morgan fingerprint density at radius 3 is 2.28 bits per heavy atom. The molecule has 0 saturated carbocycles. The van der Waals surface area contributed by atoms with Crippen molar-refractivity contribution in [3.8, 4) is 11.4 Å². The lowest BCUT2D eigenvalue weighted by Gasteiger charge is -2.35. The second kappa shape index (κ2) is 6.99. The number of hydrogen-bond donors (Lipinski definition) is 1. The van der Waals surface area contributed by atoms with Crippen molar-refractivity contribution < 1.29 is 5.11 Å². The Bertz CT molecular complexity index is 805. The molecule has 1 aliphatic rings. The molecule has 2 heterocycles. The predicted octanol–water partition coefficient (Wildman–Crippen LogP) is 2.90. The van der Waals surface area contributed by atoms with Crippen LogP contribution >= 0.6 is 0 Å². The van der Waals surface area contributed by atoms with Crippen LogP contribution in [0.2, 0.25) is 0 Å². The second-order valence-corrected chi connectivity index (χ2v) is 6.41. The number of aromatic hydroxyl groups is 1. The normalized spacial score (nSPS) is 15.4. The van der Waals surface area contributed by atoms with Gasteiger partial charge in [0.05, 0.1) is 11.9 Å². The lowest BCUT2D eigenvalue weighted by Crippen LogP contribution is -2.45. The molecule has 0 unspecified atom stereocenters. The van der Waals surface area contributed by atoms with Crippen LogP contribution in [0.4, 0.5) is 5.69 Å². The summed E-state index contributed by atoms with van der Waals surface area (Å²) in [7, 11) is 0. The first-order valence-electron chi connectivity index (χ1n) is 8.63. The Balaban J connectivity index is 1.34. The molecule has 1 aromatic heterocycles. The van der Waals surface area contributed by atoms with E-state index in [9.17, 15) is 5.11 Å². The zero-order valence-electron chi connectivity index (χ0n) is 14.1. The standard InChI is InChI=1S/C20H22N4O/c25-20-8-6-18(7-9-20)23-12-10-22(11-13-23)15-17-14-21-24(16-17)19-4-2-1-3-5-19/h1-9,14,16,25H,10-13,15H2. The fraction of sp³-hybridized carbons (Fsp3) is 0.250. The fourth-order valence-corrected chi connectivity index (χ4v) is 3.25. The SMILES string of the molecule is Oc1ccc(N2CCN(Cc3cnn(-c4ccccc4)c3)CC2)cc1. The molecule has 1 saturated heterocycles. The van der Waals surface area contributed by atoms with E-state index in [2.05, 4.69) is 33.2 Å². The summed E-state index contributed by atoms with van der Waals surface area (Å²) in [5.41, 5.74) is 3.50. The quantitative estimate of drug-likeness (QED) is 0.797. The van der Waals surface area contributed by atoms with Gasteiger partial charge in [-0.15, -0.1) is 0 Å². The monoisotopic (exact) mass is 334 g/mol. The molecule has 3 aromatic rings. The lowest BCUT2D eigenvalue weighted by atomic mass is 10.2. The van der Waals surface area contributed by atoms with Gasteiger partial charge in [0.25, 0.3) is 0 Å². The summed E-state index contributed by atoms with van der Waals surface area (Å²) < 4.78 is 1.93. The lowest BCUT2D eigenvalue weighted by molar-refractivity contribution is 0.250. The van der Waals surface area contributed by atoms with Gasteiger partial charge in [-0.05, 0) is 36.4 Å². The highest BCUT2D eigenvalue weighted by Crippen LogP contribution is 2.20. The van der Waals surface area contributed by atoms with Crippen LogP contribution in [0.25, 0.3) is 5.69 Å². The summed E-state index contributed by atoms with van der Waals surface area (Å²) in [5.74, 6) is 0.317. The van der Waals surface area contributed by atoms with Crippen LogP contribution in [0, 0.1) is 0 Å². The molecule has 0 aliphatic carbocycles. The highest BCUT2D eigenvalue weighted by atomic mass is 16.3. The number of phenols is 1. The van der Waals surface area contributed by atoms with E-state index in [1.54, 1.807) is 12.1 Å². The third kappa shape index (κ3) is 3.67. The Hall–Kier alpha value is -2.79. The summed E-state index contributed by atoms with van der Waals surface area (Å²) in [5, 5.41) is 13.9. The third-order valence-corrected chi connectivity index (χ3v) is 4.65. The zero-order valence-corrected chi connectivity index (χ0v) is 14.1. The van der Waals surface area contributed by atoms with E-state index in [1.807, 2.05) is 41.2 Å². The molecule has 0 radical (unpaired) electrons. The van der Waals surface area contributed by atoms with Crippen molar-refractivity contribution in [1.82, 2.24) is 14.7 Å². The van der Waals surface area contributed by atoms with E-state index in [0.29, 0.717) is 5.75 Å². The van der Waals surface area contributed by atoms with Gasteiger partial charge in [-0.3, -0.25) is 4.90 Å². The summed E-state index contributed by atoms with van der Waals surface area (Å²) in [6.45, 7) is 4.97. The molecule has 0 spiro atoms. The van der Waals surface area contributed by atoms with Crippen molar-refractivity contribution >= 4 is 5.69 Å². The van der Waals surface area contributed by atoms with E-state index in [1.165, 1.54) is 11.3 Å². The van der Waals surface area contributed by atoms with Crippen LogP contribution in [0.1, 0.15) is 5.56 Å². The Morgan fingerprint density at radius 2 is 1.56 bits per heavy atom. The van der Waals surface area contributed by atoms with Gasteiger partial charge in [-0.1, -0.05) is 18.2 Å². The van der Waals surface area contributed by atoms with E-state index in [0.717, 1.165) is 38.4 Å². The highest BCUT2D eigenvalue weighted by molar-refractivity contribution is 5.49. The molecular weight excluding hydrogens is 312 g/mol. The number of phenolic OH excluding ortho intramolecular Hbond substituents is 1. The summed E-state index contributed by atoms with van der Waals surface area (Å²) in [6.07, 6.45) is 4.07. The van der Waals surface area contributed by atoms with Crippen molar-refractivity contribution in [2.45, 2.75) is 6.54 Å². The van der Waals surface area contributed by atoms with Gasteiger partial charge in [-0.25, -0.2) is 4.68 Å². The minimum Gasteiger partial charge on any atom is -0.508 e. The minimum atomic E-state index is 0.317. The van der Waals surface area contributed by atoms with Gasteiger partial charge in [0, 0.05) is 50.2 Å². The van der Waals surface area contributed by atoms with Gasteiger partial charge in [0.15, 0.2) is 0 Å². The molecule has 4 rings (SSSR count). The number of anilines is 1. The molecule has 1 aliphatic heterocycles. The maximum absolute atomic E-state index is 9.41. The molecule has 1 fully saturated rings. The predicted molar refractivity (Wildman–Crippen MR) is 99.2 cm³/mol. The molecule has 5 heteroatoms. The molecule has 128 valence electrons. The second-order valence-electron chi connectivity index (χ2n) is 6.41. The van der Waals surface area contributed by atoms with Gasteiger partial charge < -0.3 is 10.0 Å². The molecule has 0 bridgehead atoms. The topological polar surface area (TPSA) is 44.5 Å². The average Bonchev–Trinajstić information content (AvgIpc) is 3.12. The van der Waals surface area contributed by atoms with Crippen LogP contribution in [0.15, 0.2) is 67.0 Å². The molecule has 0 amide bonds. The Kier molecular flexibility index (Phi) is 4.39. The molecule has 25 heavy (non-hydrogen) atoms. The molecule has 2 aromatic carbocycles. The number of benzene rings is 2. The van der Waals surface area contributed by atoms with Crippen LogP contribution in [0.5, 0.6) is 5.75 Å². The van der Waals surface area contributed by atoms with Crippen molar-refractivity contribution in [1.29, 1.82) is 0 Å². The molecular formula is C20H22N4O. The molecule has 0 atom stereocenters. The van der Waals surface area contributed by atoms with Gasteiger partial charge in [0.2, 0.25) is 0 Å². The van der Waals surface area contributed by atoms with E-state index < -0.39 is 0 Å². The summed E-state index contributed by atoms with van der Waals surface area (Å²) in [6, 6.07) is 17.7. The Labute approximate surface area is 147 Å². The van der Waals surface area contributed by atoms with Crippen molar-refractivity contribution in [3.63, 3.8) is 0 Å². The number of nitrogens with zero attached hydrogens (tertiary/aromatic N) is 4. The largest absolute Gasteiger partial charge is 0.508 e. The van der Waals surface area contributed by atoms with Crippen LogP contribution < -0.4 is 4.90 Å². The van der Waals surface area contributed by atoms with Gasteiger partial charge in [0.1, 0.15) is 5.75 Å². The first kappa shape index (κ1) is 15.7. The van der Waals surface area contributed by atoms with Crippen LogP contribution in [-0.2, 0) is 6.54 Å². The average molecular weight is 334 g/mol. The highest BCUT2D eigenvalue weighted by Gasteiger charge is 2.17. The van der Waals surface area contributed by atoms with Gasteiger partial charge >= 0.3 is 0 Å². The number of para-hydroxylation sites is 1. The smallest absolute Gasteiger partial charge is 0.115 e.